The van der Waals surface area contributed by atoms with Gasteiger partial charge in [0.1, 0.15) is 0 Å². The lowest BCUT2D eigenvalue weighted by Crippen LogP contribution is -2.28. The second kappa shape index (κ2) is 7.19. The molecule has 0 spiro atoms. The first-order valence-electron chi connectivity index (χ1n) is 5.37. The van der Waals surface area contributed by atoms with Crippen LogP contribution in [0.3, 0.4) is 0 Å². The number of unbranched alkanes of at least 4 members (excludes halogenated alkanes) is 1. The zero-order valence-corrected chi connectivity index (χ0v) is 10.6. The predicted octanol–water partition coefficient (Wildman–Crippen LogP) is 0.987. The van der Waals surface area contributed by atoms with E-state index in [1.165, 1.54) is 0 Å². The minimum absolute atomic E-state index is 0.0120. The maximum absolute atomic E-state index is 11.4. The number of hydrogen-bond acceptors (Lipinski definition) is 4. The number of aliphatic hydroxyl groups is 1. The number of sulfone groups is 1. The summed E-state index contributed by atoms with van der Waals surface area (Å²) in [7, 11) is -3.12. The van der Waals surface area contributed by atoms with Gasteiger partial charge in [0.05, 0.1) is 30.3 Å². The fourth-order valence-corrected chi connectivity index (χ4v) is 2.67. The molecule has 0 radical (unpaired) electrons. The van der Waals surface area contributed by atoms with E-state index in [9.17, 15) is 13.5 Å². The van der Waals surface area contributed by atoms with Crippen LogP contribution in [0.5, 0.6) is 0 Å². The number of hydrogen-bond donors (Lipinski definition) is 1. The molecule has 1 N–H and O–H groups in total. The Morgan fingerprint density at radius 3 is 2.40 bits per heavy atom. The zero-order chi connectivity index (χ0) is 11.9. The van der Waals surface area contributed by atoms with Crippen molar-refractivity contribution in [3.63, 3.8) is 0 Å². The molecule has 0 heterocycles. The molecule has 0 saturated carbocycles. The first kappa shape index (κ1) is 14.9. The average Bonchev–Trinajstić information content (AvgIpc) is 2.11. The van der Waals surface area contributed by atoms with Crippen molar-refractivity contribution in [2.24, 2.45) is 0 Å². The van der Waals surface area contributed by atoms with Crippen LogP contribution in [0.4, 0.5) is 0 Å². The lowest BCUT2D eigenvalue weighted by Gasteiger charge is -2.13. The topological polar surface area (TPSA) is 63.6 Å². The molecule has 0 aliphatic rings. The third-order valence-corrected chi connectivity index (χ3v) is 3.68. The maximum Gasteiger partial charge on any atom is 0.152 e. The molecule has 4 nitrogen and oxygen atoms in total. The smallest absolute Gasteiger partial charge is 0.152 e. The van der Waals surface area contributed by atoms with Crippen LogP contribution >= 0.6 is 0 Å². The lowest BCUT2D eigenvalue weighted by molar-refractivity contribution is 0.0146. The van der Waals surface area contributed by atoms with Gasteiger partial charge in [-0.2, -0.15) is 0 Å². The Morgan fingerprint density at radius 1 is 1.33 bits per heavy atom. The molecule has 1 unspecified atom stereocenters. The van der Waals surface area contributed by atoms with Crippen LogP contribution in [0.2, 0.25) is 0 Å². The van der Waals surface area contributed by atoms with E-state index in [4.69, 9.17) is 4.74 Å². The SMILES string of the molecule is CCCCS(=O)(=O)CC(O)COC(C)C. The molecule has 15 heavy (non-hydrogen) atoms. The summed E-state index contributed by atoms with van der Waals surface area (Å²) in [5.74, 6) is -0.0397. The molecule has 0 aromatic heterocycles. The van der Waals surface area contributed by atoms with E-state index in [1.54, 1.807) is 0 Å². The molecule has 5 heteroatoms. The number of rotatable bonds is 8. The van der Waals surface area contributed by atoms with Crippen LogP contribution in [0.15, 0.2) is 0 Å². The van der Waals surface area contributed by atoms with E-state index in [1.807, 2.05) is 20.8 Å². The largest absolute Gasteiger partial charge is 0.390 e. The third-order valence-electron chi connectivity index (χ3n) is 1.88. The van der Waals surface area contributed by atoms with Crippen LogP contribution in [0.1, 0.15) is 33.6 Å². The van der Waals surface area contributed by atoms with Gasteiger partial charge in [-0.05, 0) is 20.3 Å². The van der Waals surface area contributed by atoms with Gasteiger partial charge >= 0.3 is 0 Å². The van der Waals surface area contributed by atoms with Gasteiger partial charge in [0, 0.05) is 0 Å². The van der Waals surface area contributed by atoms with Gasteiger partial charge in [-0.15, -0.1) is 0 Å². The Morgan fingerprint density at radius 2 is 1.93 bits per heavy atom. The minimum atomic E-state index is -3.12. The highest BCUT2D eigenvalue weighted by atomic mass is 32.2. The Balaban J connectivity index is 3.88. The van der Waals surface area contributed by atoms with E-state index >= 15 is 0 Å². The highest BCUT2D eigenvalue weighted by Gasteiger charge is 2.17. The molecule has 0 amide bonds. The zero-order valence-electron chi connectivity index (χ0n) is 9.77. The monoisotopic (exact) mass is 238 g/mol. The maximum atomic E-state index is 11.4. The summed E-state index contributed by atoms with van der Waals surface area (Å²) in [6.07, 6.45) is 0.602. The molecule has 0 aromatic carbocycles. The highest BCUT2D eigenvalue weighted by molar-refractivity contribution is 7.91. The summed E-state index contributed by atoms with van der Waals surface area (Å²) in [6.45, 7) is 5.72. The van der Waals surface area contributed by atoms with Gasteiger partial charge in [0.25, 0.3) is 0 Å². The molecular formula is C10H22O4S. The molecule has 0 rings (SSSR count). The Labute approximate surface area is 92.6 Å². The predicted molar refractivity (Wildman–Crippen MR) is 60.7 cm³/mol. The summed E-state index contributed by atoms with van der Waals surface area (Å²) < 4.78 is 28.0. The standard InChI is InChI=1S/C10H22O4S/c1-4-5-6-15(12,13)8-10(11)7-14-9(2)3/h9-11H,4-8H2,1-3H3. The summed E-state index contributed by atoms with van der Waals surface area (Å²) in [5, 5.41) is 9.43. The van der Waals surface area contributed by atoms with Crippen molar-refractivity contribution in [2.75, 3.05) is 18.1 Å². The summed E-state index contributed by atoms with van der Waals surface area (Å²) in [5.41, 5.74) is 0. The van der Waals surface area contributed by atoms with Crippen molar-refractivity contribution in [1.29, 1.82) is 0 Å². The summed E-state index contributed by atoms with van der Waals surface area (Å²) in [4.78, 5) is 0. The first-order valence-corrected chi connectivity index (χ1v) is 7.19. The Bertz CT molecular complexity index is 246. The van der Waals surface area contributed by atoms with Gasteiger partial charge in [-0.25, -0.2) is 8.42 Å². The molecule has 0 bridgehead atoms. The van der Waals surface area contributed by atoms with E-state index in [-0.39, 0.29) is 24.2 Å². The van der Waals surface area contributed by atoms with Crippen molar-refractivity contribution in [3.8, 4) is 0 Å². The molecule has 92 valence electrons. The average molecular weight is 238 g/mol. The Kier molecular flexibility index (Phi) is 7.13. The molecule has 1 atom stereocenters. The third kappa shape index (κ3) is 8.84. The minimum Gasteiger partial charge on any atom is -0.390 e. The van der Waals surface area contributed by atoms with E-state index in [0.29, 0.717) is 6.42 Å². The van der Waals surface area contributed by atoms with Crippen LogP contribution in [0, 0.1) is 0 Å². The van der Waals surface area contributed by atoms with E-state index in [0.717, 1.165) is 6.42 Å². The quantitative estimate of drug-likeness (QED) is 0.685. The molecule has 0 saturated heterocycles. The fraction of sp³-hybridized carbons (Fsp3) is 1.00. The molecule has 0 aromatic rings. The number of ether oxygens (including phenoxy) is 1. The molecular weight excluding hydrogens is 216 g/mol. The normalized spacial score (nSPS) is 14.5. The van der Waals surface area contributed by atoms with Crippen molar-refractivity contribution in [3.05, 3.63) is 0 Å². The van der Waals surface area contributed by atoms with Gasteiger partial charge in [0.2, 0.25) is 0 Å². The van der Waals surface area contributed by atoms with Crippen LogP contribution in [0.25, 0.3) is 0 Å². The van der Waals surface area contributed by atoms with Crippen LogP contribution in [-0.2, 0) is 14.6 Å². The van der Waals surface area contributed by atoms with Gasteiger partial charge in [0.15, 0.2) is 9.84 Å². The summed E-state index contributed by atoms with van der Waals surface area (Å²) >= 11 is 0. The van der Waals surface area contributed by atoms with Crippen molar-refractivity contribution < 1.29 is 18.3 Å². The molecule has 0 fully saturated rings. The molecule has 0 aliphatic carbocycles. The highest BCUT2D eigenvalue weighted by Crippen LogP contribution is 2.01. The van der Waals surface area contributed by atoms with Gasteiger partial charge in [-0.3, -0.25) is 0 Å². The first-order chi connectivity index (χ1) is 6.87. The van der Waals surface area contributed by atoms with Gasteiger partial charge < -0.3 is 9.84 Å². The van der Waals surface area contributed by atoms with E-state index in [2.05, 4.69) is 0 Å². The second-order valence-corrected chi connectivity index (χ2v) is 6.23. The van der Waals surface area contributed by atoms with Crippen molar-refractivity contribution >= 4 is 9.84 Å². The second-order valence-electron chi connectivity index (χ2n) is 4.00. The van der Waals surface area contributed by atoms with Crippen LogP contribution < -0.4 is 0 Å². The lowest BCUT2D eigenvalue weighted by atomic mass is 10.4. The van der Waals surface area contributed by atoms with Crippen molar-refractivity contribution in [1.82, 2.24) is 0 Å². The van der Waals surface area contributed by atoms with Crippen molar-refractivity contribution in [2.45, 2.75) is 45.8 Å². The van der Waals surface area contributed by atoms with E-state index < -0.39 is 15.9 Å². The van der Waals surface area contributed by atoms with Crippen LogP contribution in [-0.4, -0.2) is 43.8 Å². The molecule has 0 aliphatic heterocycles. The van der Waals surface area contributed by atoms with Gasteiger partial charge in [-0.1, -0.05) is 13.3 Å². The Hall–Kier alpha value is -0.130. The summed E-state index contributed by atoms with van der Waals surface area (Å²) in [6, 6.07) is 0. The fourth-order valence-electron chi connectivity index (χ4n) is 1.09. The number of aliphatic hydroxyl groups excluding tert-OH is 1.